The van der Waals surface area contributed by atoms with E-state index in [0.29, 0.717) is 23.3 Å². The van der Waals surface area contributed by atoms with Gasteiger partial charge >= 0.3 is 17.9 Å². The molecule has 0 radical (unpaired) electrons. The maximum Gasteiger partial charge on any atom is 0.345 e. The molecule has 0 bridgehead atoms. The molecule has 2 rings (SSSR count). The Bertz CT molecular complexity index is 996. The smallest absolute Gasteiger partial charge is 0.345 e. The molecule has 1 aromatic carbocycles. The first kappa shape index (κ1) is 26.7. The van der Waals surface area contributed by atoms with Crippen molar-refractivity contribution in [3.63, 3.8) is 0 Å². The van der Waals surface area contributed by atoms with Crippen molar-refractivity contribution in [3.05, 3.63) is 66.0 Å². The summed E-state index contributed by atoms with van der Waals surface area (Å²) in [4.78, 5) is 40.3. The predicted octanol–water partition coefficient (Wildman–Crippen LogP) is 3.80. The monoisotopic (exact) mass is 468 g/mol. The zero-order valence-electron chi connectivity index (χ0n) is 20.1. The topological polar surface area (TPSA) is 118 Å². The highest BCUT2D eigenvalue weighted by molar-refractivity contribution is 5.90. The first-order chi connectivity index (χ1) is 16.0. The Morgan fingerprint density at radius 2 is 1.68 bits per heavy atom. The molecule has 1 atom stereocenters. The number of ether oxygens (including phenoxy) is 3. The fraction of sp³-hybridized carbons (Fsp3) is 0.385. The van der Waals surface area contributed by atoms with Gasteiger partial charge in [-0.2, -0.15) is 0 Å². The van der Waals surface area contributed by atoms with Crippen LogP contribution in [0.1, 0.15) is 50.0 Å². The third-order valence-electron chi connectivity index (χ3n) is 4.82. The van der Waals surface area contributed by atoms with Gasteiger partial charge < -0.3 is 19.9 Å². The Hall–Kier alpha value is -3.52. The lowest BCUT2D eigenvalue weighted by molar-refractivity contribution is -0.159. The summed E-state index contributed by atoms with van der Waals surface area (Å²) in [5.74, 6) is -1.11. The Kier molecular flexibility index (Phi) is 9.50. The van der Waals surface area contributed by atoms with Crippen LogP contribution < -0.4 is 10.5 Å². The Morgan fingerprint density at radius 1 is 1.00 bits per heavy atom. The molecule has 8 heteroatoms. The van der Waals surface area contributed by atoms with Gasteiger partial charge in [0.05, 0.1) is 11.0 Å². The molecule has 2 aromatic rings. The van der Waals surface area contributed by atoms with Gasteiger partial charge in [0.15, 0.2) is 0 Å². The molecule has 1 heterocycles. The van der Waals surface area contributed by atoms with E-state index in [1.807, 2.05) is 20.8 Å². The van der Waals surface area contributed by atoms with E-state index in [4.69, 9.17) is 19.9 Å². The largest absolute Gasteiger partial charge is 0.462 e. The number of rotatable bonds is 10. The molecule has 1 aromatic heterocycles. The van der Waals surface area contributed by atoms with E-state index in [1.165, 1.54) is 12.3 Å². The molecule has 34 heavy (non-hydrogen) atoms. The fourth-order valence-corrected chi connectivity index (χ4v) is 3.36. The second kappa shape index (κ2) is 12.1. The van der Waals surface area contributed by atoms with Gasteiger partial charge in [0, 0.05) is 25.0 Å². The quantitative estimate of drug-likeness (QED) is 0.242. The number of hydrogen-bond acceptors (Lipinski definition) is 8. The van der Waals surface area contributed by atoms with Gasteiger partial charge in [-0.3, -0.25) is 9.78 Å². The van der Waals surface area contributed by atoms with Crippen LogP contribution in [-0.4, -0.2) is 42.7 Å². The molecular formula is C26H32N2O6. The predicted molar refractivity (Wildman–Crippen MR) is 128 cm³/mol. The zero-order chi connectivity index (χ0) is 25.2. The van der Waals surface area contributed by atoms with Crippen LogP contribution >= 0.6 is 0 Å². The van der Waals surface area contributed by atoms with Gasteiger partial charge in [0.25, 0.3) is 0 Å². The Balaban J connectivity index is 1.76. The van der Waals surface area contributed by atoms with Crippen molar-refractivity contribution in [2.45, 2.75) is 34.1 Å². The SMILES string of the molecule is CC(C)(C)CC(C)(CN)C(=O)OCCOC(=O)/C=C/c1ccc(OC(=O)c2cccnc2)cc1. The molecule has 182 valence electrons. The average molecular weight is 469 g/mol. The van der Waals surface area contributed by atoms with Gasteiger partial charge in [-0.05, 0) is 54.7 Å². The average Bonchev–Trinajstić information content (AvgIpc) is 2.80. The van der Waals surface area contributed by atoms with Crippen molar-refractivity contribution in [1.82, 2.24) is 4.98 Å². The van der Waals surface area contributed by atoms with E-state index in [9.17, 15) is 14.4 Å². The fourth-order valence-electron chi connectivity index (χ4n) is 3.36. The highest BCUT2D eigenvalue weighted by Crippen LogP contribution is 2.33. The van der Waals surface area contributed by atoms with Crippen molar-refractivity contribution in [2.75, 3.05) is 19.8 Å². The van der Waals surface area contributed by atoms with E-state index in [1.54, 1.807) is 55.6 Å². The number of carbonyl (C=O) groups is 3. The maximum atomic E-state index is 12.4. The Labute approximate surface area is 200 Å². The van der Waals surface area contributed by atoms with Gasteiger partial charge in [-0.25, -0.2) is 9.59 Å². The number of hydrogen-bond donors (Lipinski definition) is 1. The van der Waals surface area contributed by atoms with Crippen molar-refractivity contribution >= 4 is 24.0 Å². The van der Waals surface area contributed by atoms with E-state index in [0.717, 1.165) is 0 Å². The summed E-state index contributed by atoms with van der Waals surface area (Å²) in [6.07, 6.45) is 6.41. The Morgan fingerprint density at radius 3 is 2.26 bits per heavy atom. The molecule has 1 unspecified atom stereocenters. The molecule has 0 saturated carbocycles. The molecule has 0 aliphatic rings. The molecule has 0 fully saturated rings. The van der Waals surface area contributed by atoms with Crippen LogP contribution in [0.3, 0.4) is 0 Å². The van der Waals surface area contributed by atoms with E-state index in [-0.39, 0.29) is 25.2 Å². The van der Waals surface area contributed by atoms with Crippen LogP contribution in [0.25, 0.3) is 6.08 Å². The lowest BCUT2D eigenvalue weighted by Gasteiger charge is -2.32. The van der Waals surface area contributed by atoms with Gasteiger partial charge in [0.1, 0.15) is 19.0 Å². The van der Waals surface area contributed by atoms with Gasteiger partial charge in [-0.1, -0.05) is 32.9 Å². The standard InChI is InChI=1S/C26H32N2O6/c1-25(2,3)17-26(4,18-27)24(31)33-15-14-32-22(29)12-9-19-7-10-21(11-8-19)34-23(30)20-6-5-13-28-16-20/h5-13,16H,14-15,17-18,27H2,1-4H3/b12-9+. The van der Waals surface area contributed by atoms with Crippen LogP contribution in [0.2, 0.25) is 0 Å². The zero-order valence-corrected chi connectivity index (χ0v) is 20.1. The van der Waals surface area contributed by atoms with Crippen molar-refractivity contribution in [1.29, 1.82) is 0 Å². The molecule has 8 nitrogen and oxygen atoms in total. The number of pyridine rings is 1. The minimum Gasteiger partial charge on any atom is -0.462 e. The second-order valence-electron chi connectivity index (χ2n) is 9.34. The lowest BCUT2D eigenvalue weighted by atomic mass is 9.75. The van der Waals surface area contributed by atoms with Crippen LogP contribution in [-0.2, 0) is 19.1 Å². The van der Waals surface area contributed by atoms with E-state index in [2.05, 4.69) is 4.98 Å². The summed E-state index contributed by atoms with van der Waals surface area (Å²) in [7, 11) is 0. The number of esters is 3. The number of aromatic nitrogens is 1. The second-order valence-corrected chi connectivity index (χ2v) is 9.34. The lowest BCUT2D eigenvalue weighted by Crippen LogP contribution is -2.40. The third-order valence-corrected chi connectivity index (χ3v) is 4.82. The summed E-state index contributed by atoms with van der Waals surface area (Å²) < 4.78 is 15.6. The van der Waals surface area contributed by atoms with Crippen LogP contribution in [0.4, 0.5) is 0 Å². The highest BCUT2D eigenvalue weighted by atomic mass is 16.6. The molecule has 0 spiro atoms. The number of nitrogens with zero attached hydrogens (tertiary/aromatic N) is 1. The first-order valence-electron chi connectivity index (χ1n) is 11.0. The van der Waals surface area contributed by atoms with Crippen LogP contribution in [0, 0.1) is 10.8 Å². The van der Waals surface area contributed by atoms with Crippen molar-refractivity contribution in [3.8, 4) is 5.75 Å². The van der Waals surface area contributed by atoms with Crippen LogP contribution in [0.5, 0.6) is 5.75 Å². The van der Waals surface area contributed by atoms with E-state index < -0.39 is 23.3 Å². The molecule has 0 aliphatic carbocycles. The summed E-state index contributed by atoms with van der Waals surface area (Å²) in [6.45, 7) is 7.94. The highest BCUT2D eigenvalue weighted by Gasteiger charge is 2.37. The normalized spacial score (nSPS) is 13.2. The molecular weight excluding hydrogens is 436 g/mol. The first-order valence-corrected chi connectivity index (χ1v) is 11.0. The summed E-state index contributed by atoms with van der Waals surface area (Å²) >= 11 is 0. The molecule has 2 N–H and O–H groups in total. The van der Waals surface area contributed by atoms with Crippen molar-refractivity contribution < 1.29 is 28.6 Å². The van der Waals surface area contributed by atoms with Gasteiger partial charge in [-0.15, -0.1) is 0 Å². The molecule has 0 aliphatic heterocycles. The van der Waals surface area contributed by atoms with E-state index >= 15 is 0 Å². The summed E-state index contributed by atoms with van der Waals surface area (Å²) in [5, 5.41) is 0. The number of carbonyl (C=O) groups excluding carboxylic acids is 3. The summed E-state index contributed by atoms with van der Waals surface area (Å²) in [6, 6.07) is 9.88. The molecule has 0 amide bonds. The number of nitrogens with two attached hydrogens (primary N) is 1. The van der Waals surface area contributed by atoms with Gasteiger partial charge in [0.2, 0.25) is 0 Å². The third kappa shape index (κ3) is 8.78. The minimum absolute atomic E-state index is 0.0465. The van der Waals surface area contributed by atoms with Crippen molar-refractivity contribution in [2.24, 2.45) is 16.6 Å². The maximum absolute atomic E-state index is 12.4. The summed E-state index contributed by atoms with van der Waals surface area (Å²) in [5.41, 5.74) is 5.99. The number of benzene rings is 1. The minimum atomic E-state index is -0.791. The molecule has 0 saturated heterocycles. The van der Waals surface area contributed by atoms with Crippen LogP contribution in [0.15, 0.2) is 54.9 Å².